The van der Waals surface area contributed by atoms with Crippen molar-refractivity contribution in [2.24, 2.45) is 0 Å². The highest BCUT2D eigenvalue weighted by molar-refractivity contribution is 7.13. The molecule has 0 aliphatic heterocycles. The fourth-order valence-electron chi connectivity index (χ4n) is 1.23. The summed E-state index contributed by atoms with van der Waals surface area (Å²) in [6.07, 6.45) is -1.02. The molecule has 0 amide bonds. The van der Waals surface area contributed by atoms with Crippen LogP contribution in [0.4, 0.5) is 18.3 Å². The molecular formula is C10H16F3N3S. The van der Waals surface area contributed by atoms with Crippen LogP contribution in [0.25, 0.3) is 0 Å². The molecule has 1 rings (SSSR count). The Kier molecular flexibility index (Phi) is 5.70. The third-order valence-corrected chi connectivity index (χ3v) is 2.93. The highest BCUT2D eigenvalue weighted by atomic mass is 32.1. The number of unbranched alkanes of at least 4 members (excludes halogenated alkanes) is 2. The quantitative estimate of drug-likeness (QED) is 0.587. The van der Waals surface area contributed by atoms with Crippen molar-refractivity contribution in [2.45, 2.75) is 39.0 Å². The Balaban J connectivity index is 2.28. The molecule has 98 valence electrons. The fourth-order valence-corrected chi connectivity index (χ4v) is 1.97. The van der Waals surface area contributed by atoms with Gasteiger partial charge in [-0.1, -0.05) is 19.8 Å². The average Bonchev–Trinajstić information content (AvgIpc) is 2.69. The van der Waals surface area contributed by atoms with E-state index in [1.165, 1.54) is 16.7 Å². The van der Waals surface area contributed by atoms with Gasteiger partial charge in [-0.2, -0.15) is 13.2 Å². The van der Waals surface area contributed by atoms with E-state index in [1.807, 2.05) is 0 Å². The van der Waals surface area contributed by atoms with Gasteiger partial charge >= 0.3 is 6.30 Å². The monoisotopic (exact) mass is 267 g/mol. The second-order valence-corrected chi connectivity index (χ2v) is 4.49. The molecule has 7 heteroatoms. The maximum Gasteiger partial charge on any atom is 0.457 e. The lowest BCUT2D eigenvalue weighted by molar-refractivity contribution is -0.158. The molecule has 0 unspecified atom stereocenters. The van der Waals surface area contributed by atoms with Crippen LogP contribution in [0.5, 0.6) is 0 Å². The molecule has 3 nitrogen and oxygen atoms in total. The molecule has 0 aliphatic rings. The molecule has 1 heterocycles. The van der Waals surface area contributed by atoms with Crippen molar-refractivity contribution in [2.75, 3.05) is 11.9 Å². The van der Waals surface area contributed by atoms with E-state index in [4.69, 9.17) is 0 Å². The van der Waals surface area contributed by atoms with E-state index >= 15 is 0 Å². The predicted octanol–water partition coefficient (Wildman–Crippen LogP) is 3.35. The summed E-state index contributed by atoms with van der Waals surface area (Å²) in [6, 6.07) is 0. The second-order valence-electron chi connectivity index (χ2n) is 3.63. The van der Waals surface area contributed by atoms with E-state index in [2.05, 4.69) is 17.2 Å². The first-order chi connectivity index (χ1) is 8.01. The first-order valence-corrected chi connectivity index (χ1v) is 6.39. The Hall–Kier alpha value is -0.820. The molecular weight excluding hydrogens is 251 g/mol. The van der Waals surface area contributed by atoms with Crippen molar-refractivity contribution < 1.29 is 13.2 Å². The number of thiazole rings is 1. The van der Waals surface area contributed by atoms with Gasteiger partial charge in [-0.3, -0.25) is 0 Å². The molecule has 0 spiro atoms. The van der Waals surface area contributed by atoms with Gasteiger partial charge in [0.15, 0.2) is 5.13 Å². The van der Waals surface area contributed by atoms with Gasteiger partial charge in [0, 0.05) is 18.5 Å². The molecule has 0 bridgehead atoms. The number of alkyl halides is 3. The highest BCUT2D eigenvalue weighted by Crippen LogP contribution is 2.17. The van der Waals surface area contributed by atoms with Crippen LogP contribution in [-0.4, -0.2) is 17.8 Å². The normalized spacial score (nSPS) is 11.8. The number of anilines is 1. The molecule has 0 radical (unpaired) electrons. The zero-order valence-electron chi connectivity index (χ0n) is 9.60. The van der Waals surface area contributed by atoms with Gasteiger partial charge in [0.2, 0.25) is 0 Å². The van der Waals surface area contributed by atoms with Crippen LogP contribution in [0, 0.1) is 0 Å². The lowest BCUT2D eigenvalue weighted by Crippen LogP contribution is -2.30. The van der Waals surface area contributed by atoms with Crippen LogP contribution in [0.15, 0.2) is 5.38 Å². The Morgan fingerprint density at radius 1 is 1.35 bits per heavy atom. The number of nitrogens with one attached hydrogen (secondary N) is 2. The number of halogens is 3. The lowest BCUT2D eigenvalue weighted by atomic mass is 10.2. The summed E-state index contributed by atoms with van der Waals surface area (Å²) in [4.78, 5) is 4.06. The minimum Gasteiger partial charge on any atom is -0.362 e. The third-order valence-electron chi connectivity index (χ3n) is 2.08. The smallest absolute Gasteiger partial charge is 0.362 e. The number of aromatic nitrogens is 1. The van der Waals surface area contributed by atoms with Crippen LogP contribution in [-0.2, 0) is 6.54 Å². The molecule has 0 aromatic carbocycles. The summed E-state index contributed by atoms with van der Waals surface area (Å²) < 4.78 is 35.7. The molecule has 0 atom stereocenters. The molecule has 1 aromatic heterocycles. The van der Waals surface area contributed by atoms with Gasteiger partial charge in [-0.25, -0.2) is 10.3 Å². The molecule has 0 fully saturated rings. The van der Waals surface area contributed by atoms with Gasteiger partial charge in [0.05, 0.1) is 5.69 Å². The first kappa shape index (κ1) is 14.2. The zero-order valence-corrected chi connectivity index (χ0v) is 10.4. The summed E-state index contributed by atoms with van der Waals surface area (Å²) in [5.74, 6) is 0. The van der Waals surface area contributed by atoms with E-state index in [-0.39, 0.29) is 6.54 Å². The molecule has 0 saturated heterocycles. The van der Waals surface area contributed by atoms with Crippen molar-refractivity contribution in [3.05, 3.63) is 11.1 Å². The van der Waals surface area contributed by atoms with Gasteiger partial charge in [-0.05, 0) is 6.42 Å². The summed E-state index contributed by atoms with van der Waals surface area (Å²) >= 11 is 1.33. The standard InChI is InChI=1S/C10H16F3N3S/c1-2-3-4-5-14-9-16-8(7-17-9)6-15-10(11,12)13/h7,15H,2-6H2,1H3,(H,14,16). The topological polar surface area (TPSA) is 37.0 Å². The van der Waals surface area contributed by atoms with E-state index in [9.17, 15) is 13.2 Å². The molecule has 0 aliphatic carbocycles. The Morgan fingerprint density at radius 2 is 2.12 bits per heavy atom. The summed E-state index contributed by atoms with van der Waals surface area (Å²) in [6.45, 7) is 2.65. The van der Waals surface area contributed by atoms with Crippen LogP contribution in [0.3, 0.4) is 0 Å². The Labute approximate surface area is 102 Å². The predicted molar refractivity (Wildman–Crippen MR) is 63.0 cm³/mol. The van der Waals surface area contributed by atoms with Gasteiger partial charge in [-0.15, -0.1) is 11.3 Å². The summed E-state index contributed by atoms with van der Waals surface area (Å²) in [5.41, 5.74) is 0.408. The van der Waals surface area contributed by atoms with Crippen LogP contribution < -0.4 is 10.6 Å². The Morgan fingerprint density at radius 3 is 2.76 bits per heavy atom. The van der Waals surface area contributed by atoms with Gasteiger partial charge in [0.25, 0.3) is 0 Å². The van der Waals surface area contributed by atoms with Crippen LogP contribution in [0.1, 0.15) is 31.9 Å². The van der Waals surface area contributed by atoms with E-state index in [0.29, 0.717) is 10.8 Å². The van der Waals surface area contributed by atoms with E-state index in [1.54, 1.807) is 5.38 Å². The first-order valence-electron chi connectivity index (χ1n) is 5.51. The van der Waals surface area contributed by atoms with Crippen molar-refractivity contribution >= 4 is 16.5 Å². The van der Waals surface area contributed by atoms with Gasteiger partial charge in [0.1, 0.15) is 0 Å². The van der Waals surface area contributed by atoms with E-state index in [0.717, 1.165) is 25.8 Å². The van der Waals surface area contributed by atoms with Gasteiger partial charge < -0.3 is 5.32 Å². The molecule has 1 aromatic rings. The molecule has 2 N–H and O–H groups in total. The van der Waals surface area contributed by atoms with Crippen molar-refractivity contribution in [3.63, 3.8) is 0 Å². The lowest BCUT2D eigenvalue weighted by Gasteiger charge is -2.05. The van der Waals surface area contributed by atoms with Crippen molar-refractivity contribution in [3.8, 4) is 0 Å². The minimum absolute atomic E-state index is 0.281. The highest BCUT2D eigenvalue weighted by Gasteiger charge is 2.26. The SMILES string of the molecule is CCCCCNc1nc(CNC(F)(F)F)cs1. The molecule has 17 heavy (non-hydrogen) atoms. The van der Waals surface area contributed by atoms with E-state index < -0.39 is 6.30 Å². The molecule has 0 saturated carbocycles. The summed E-state index contributed by atoms with van der Waals surface area (Å²) in [7, 11) is 0. The minimum atomic E-state index is -4.35. The summed E-state index contributed by atoms with van der Waals surface area (Å²) in [5, 5.41) is 6.85. The number of rotatable bonds is 7. The van der Waals surface area contributed by atoms with Crippen LogP contribution in [0.2, 0.25) is 0 Å². The van der Waals surface area contributed by atoms with Crippen molar-refractivity contribution in [1.29, 1.82) is 0 Å². The fraction of sp³-hybridized carbons (Fsp3) is 0.700. The number of hydrogen-bond acceptors (Lipinski definition) is 4. The number of hydrogen-bond donors (Lipinski definition) is 2. The third kappa shape index (κ3) is 6.48. The largest absolute Gasteiger partial charge is 0.457 e. The number of nitrogens with zero attached hydrogens (tertiary/aromatic N) is 1. The second kappa shape index (κ2) is 6.80. The average molecular weight is 267 g/mol. The zero-order chi connectivity index (χ0) is 12.7. The van der Waals surface area contributed by atoms with Crippen molar-refractivity contribution in [1.82, 2.24) is 10.3 Å². The maximum absolute atomic E-state index is 11.9. The van der Waals surface area contributed by atoms with Crippen LogP contribution >= 0.6 is 11.3 Å². The maximum atomic E-state index is 11.9. The Bertz CT molecular complexity index is 325.